The van der Waals surface area contributed by atoms with E-state index in [9.17, 15) is 14.4 Å². The van der Waals surface area contributed by atoms with Crippen LogP contribution in [0.1, 0.15) is 41.7 Å². The van der Waals surface area contributed by atoms with Crippen LogP contribution in [0.3, 0.4) is 0 Å². The monoisotopic (exact) mass is 596 g/mol. The van der Waals surface area contributed by atoms with Crippen LogP contribution in [0.25, 0.3) is 0 Å². The van der Waals surface area contributed by atoms with E-state index < -0.39 is 45.3 Å². The molecule has 0 saturated carbocycles. The molecule has 1 fully saturated rings. The zero-order chi connectivity index (χ0) is 26.3. The molecule has 3 aliphatic carbocycles. The van der Waals surface area contributed by atoms with Crippen molar-refractivity contribution in [3.63, 3.8) is 0 Å². The number of likely N-dealkylation sites (tertiary alicyclic amines) is 1. The third-order valence-corrected chi connectivity index (χ3v) is 9.87. The van der Waals surface area contributed by atoms with Crippen LogP contribution in [0.15, 0.2) is 71.2 Å². The number of hydrogen-bond donors (Lipinski definition) is 1. The smallest absolute Gasteiger partial charge is 0.247 e. The van der Waals surface area contributed by atoms with Crippen molar-refractivity contribution in [2.24, 2.45) is 11.8 Å². The van der Waals surface area contributed by atoms with Gasteiger partial charge in [-0.1, -0.05) is 71.4 Å². The molecule has 0 unspecified atom stereocenters. The summed E-state index contributed by atoms with van der Waals surface area (Å²) in [7, 11) is 0. The number of halogens is 3. The maximum absolute atomic E-state index is 14.0. The summed E-state index contributed by atoms with van der Waals surface area (Å²) in [4.78, 5) is 40.0. The Kier molecular flexibility index (Phi) is 5.61. The lowest BCUT2D eigenvalue weighted by Crippen LogP contribution is -2.57. The SMILES string of the molecule is CCc1cc(Br)ccc1NC(=O)[C@H](C)N1C(=O)[C@@H]2[C@@H](C1=O)C1(Cl)c3ccccc3C2(Cl)c2ccccc21. The third-order valence-electron chi connectivity index (χ3n) is 8.09. The van der Waals surface area contributed by atoms with Crippen LogP contribution in [0.5, 0.6) is 0 Å². The molecule has 3 aromatic carbocycles. The van der Waals surface area contributed by atoms with E-state index in [0.29, 0.717) is 12.1 Å². The van der Waals surface area contributed by atoms with Crippen molar-refractivity contribution in [1.82, 2.24) is 4.90 Å². The first-order chi connectivity index (χ1) is 17.6. The molecule has 1 heterocycles. The summed E-state index contributed by atoms with van der Waals surface area (Å²) >= 11 is 18.4. The molecular weight excluding hydrogens is 575 g/mol. The average molecular weight is 598 g/mol. The predicted molar refractivity (Wildman–Crippen MR) is 147 cm³/mol. The van der Waals surface area contributed by atoms with E-state index >= 15 is 0 Å². The summed E-state index contributed by atoms with van der Waals surface area (Å²) in [6.07, 6.45) is 0.704. The van der Waals surface area contributed by atoms with E-state index in [0.717, 1.165) is 37.2 Å². The Balaban J connectivity index is 1.43. The Morgan fingerprint density at radius 3 is 1.81 bits per heavy atom. The van der Waals surface area contributed by atoms with Crippen LogP contribution < -0.4 is 5.32 Å². The highest BCUT2D eigenvalue weighted by molar-refractivity contribution is 9.10. The fourth-order valence-electron chi connectivity index (χ4n) is 6.40. The Morgan fingerprint density at radius 1 is 0.919 bits per heavy atom. The van der Waals surface area contributed by atoms with Crippen LogP contribution in [0.4, 0.5) is 5.69 Å². The predicted octanol–water partition coefficient (Wildman–Crippen LogP) is 5.93. The summed E-state index contributed by atoms with van der Waals surface area (Å²) in [5, 5.41) is 2.91. The molecule has 1 N–H and O–H groups in total. The van der Waals surface area contributed by atoms with Crippen LogP contribution >= 0.6 is 39.1 Å². The maximum atomic E-state index is 14.0. The highest BCUT2D eigenvalue weighted by Crippen LogP contribution is 2.69. The van der Waals surface area contributed by atoms with Crippen molar-refractivity contribution in [1.29, 1.82) is 0 Å². The molecule has 0 aromatic heterocycles. The van der Waals surface area contributed by atoms with Crippen molar-refractivity contribution in [3.05, 3.63) is 99.0 Å². The van der Waals surface area contributed by atoms with Crippen LogP contribution in [0.2, 0.25) is 0 Å². The largest absolute Gasteiger partial charge is 0.324 e. The van der Waals surface area contributed by atoms with Crippen molar-refractivity contribution in [2.45, 2.75) is 36.1 Å². The molecular formula is C29H23BrCl2N2O3. The number of carbonyl (C=O) groups excluding carboxylic acids is 3. The zero-order valence-corrected chi connectivity index (χ0v) is 23.2. The summed E-state index contributed by atoms with van der Waals surface area (Å²) in [5.74, 6) is -3.27. The van der Waals surface area contributed by atoms with Gasteiger partial charge in [0.25, 0.3) is 0 Å². The van der Waals surface area contributed by atoms with Crippen molar-refractivity contribution < 1.29 is 14.4 Å². The Hall–Kier alpha value is -2.67. The molecule has 3 amide bonds. The van der Waals surface area contributed by atoms with Gasteiger partial charge in [0.15, 0.2) is 0 Å². The Labute approximate surface area is 233 Å². The fraction of sp³-hybridized carbons (Fsp3) is 0.276. The Bertz CT molecular complexity index is 1380. The molecule has 2 bridgehead atoms. The van der Waals surface area contributed by atoms with E-state index in [2.05, 4.69) is 21.2 Å². The lowest BCUT2D eigenvalue weighted by molar-refractivity contribution is -0.146. The number of alkyl halides is 2. The fourth-order valence-corrected chi connectivity index (χ4v) is 7.91. The number of benzene rings is 3. The first kappa shape index (κ1) is 24.7. The van der Waals surface area contributed by atoms with E-state index in [-0.39, 0.29) is 0 Å². The summed E-state index contributed by atoms with van der Waals surface area (Å²) in [5.41, 5.74) is 4.50. The van der Waals surface area contributed by atoms with Crippen LogP contribution in [-0.4, -0.2) is 28.7 Å². The number of anilines is 1. The van der Waals surface area contributed by atoms with Gasteiger partial charge in [-0.25, -0.2) is 0 Å². The molecule has 8 heteroatoms. The topological polar surface area (TPSA) is 66.5 Å². The molecule has 0 spiro atoms. The van der Waals surface area contributed by atoms with Crippen LogP contribution in [0, 0.1) is 11.8 Å². The van der Waals surface area contributed by atoms with Gasteiger partial charge in [0.05, 0.1) is 11.8 Å². The van der Waals surface area contributed by atoms with Gasteiger partial charge >= 0.3 is 0 Å². The van der Waals surface area contributed by atoms with Crippen molar-refractivity contribution in [2.75, 3.05) is 5.32 Å². The minimum atomic E-state index is -1.27. The van der Waals surface area contributed by atoms with Crippen molar-refractivity contribution in [3.8, 4) is 0 Å². The number of hydrogen-bond acceptors (Lipinski definition) is 3. The quantitative estimate of drug-likeness (QED) is 0.299. The van der Waals surface area contributed by atoms with E-state index in [1.54, 1.807) is 13.0 Å². The number of imide groups is 1. The molecule has 5 nitrogen and oxygen atoms in total. The first-order valence-corrected chi connectivity index (χ1v) is 13.7. The number of rotatable bonds is 4. The molecule has 1 saturated heterocycles. The second-order valence-corrected chi connectivity index (χ2v) is 11.9. The molecule has 188 valence electrons. The lowest BCUT2D eigenvalue weighted by Gasteiger charge is -2.54. The number of amides is 3. The number of nitrogens with zero attached hydrogens (tertiary/aromatic N) is 1. The highest BCUT2D eigenvalue weighted by atomic mass is 79.9. The zero-order valence-electron chi connectivity index (χ0n) is 20.1. The van der Waals surface area contributed by atoms with Gasteiger partial charge in [-0.2, -0.15) is 0 Å². The summed E-state index contributed by atoms with van der Waals surface area (Å²) < 4.78 is 0.902. The molecule has 3 atom stereocenters. The second kappa shape index (κ2) is 8.42. The highest BCUT2D eigenvalue weighted by Gasteiger charge is 2.73. The van der Waals surface area contributed by atoms with E-state index in [4.69, 9.17) is 23.2 Å². The summed E-state index contributed by atoms with van der Waals surface area (Å²) in [6, 6.07) is 19.5. The number of aryl methyl sites for hydroxylation is 1. The second-order valence-electron chi connectivity index (χ2n) is 9.84. The molecule has 3 aromatic rings. The van der Waals surface area contributed by atoms with Gasteiger partial charge in [-0.15, -0.1) is 23.2 Å². The molecule has 37 heavy (non-hydrogen) atoms. The van der Waals surface area contributed by atoms with Crippen LogP contribution in [-0.2, 0) is 30.6 Å². The van der Waals surface area contributed by atoms with Gasteiger partial charge in [0.1, 0.15) is 15.8 Å². The standard InChI is InChI=1S/C29H23BrCl2N2O3/c1-3-16-14-17(30)12-13-22(16)33-25(35)15(2)34-26(36)23-24(27(34)37)29(32)19-9-5-4-8-18(19)28(23,31)20-10-6-7-11-21(20)29/h4-15,23-24H,3H2,1-2H3,(H,33,35)/t15-,23-,24-,28?,29?/m0/s1. The first-order valence-electron chi connectivity index (χ1n) is 12.2. The van der Waals surface area contributed by atoms with Gasteiger partial charge < -0.3 is 5.32 Å². The van der Waals surface area contributed by atoms with Gasteiger partial charge in [-0.05, 0) is 59.4 Å². The average Bonchev–Trinajstić information content (AvgIpc) is 3.18. The van der Waals surface area contributed by atoms with Gasteiger partial charge in [0, 0.05) is 10.2 Å². The Morgan fingerprint density at radius 2 is 1.38 bits per heavy atom. The van der Waals surface area contributed by atoms with E-state index in [1.165, 1.54) is 0 Å². The van der Waals surface area contributed by atoms with Gasteiger partial charge in [0.2, 0.25) is 17.7 Å². The maximum Gasteiger partial charge on any atom is 0.247 e. The molecule has 0 radical (unpaired) electrons. The minimum absolute atomic E-state index is 0.452. The van der Waals surface area contributed by atoms with Crippen molar-refractivity contribution >= 4 is 62.5 Å². The lowest BCUT2D eigenvalue weighted by atomic mass is 9.54. The molecule has 7 rings (SSSR count). The molecule has 4 aliphatic rings. The number of nitrogens with one attached hydrogen (secondary N) is 1. The summed E-state index contributed by atoms with van der Waals surface area (Å²) in [6.45, 7) is 3.56. The minimum Gasteiger partial charge on any atom is -0.324 e. The third kappa shape index (κ3) is 3.12. The number of carbonyl (C=O) groups is 3. The molecule has 1 aliphatic heterocycles. The normalized spacial score (nSPS) is 28.0. The van der Waals surface area contributed by atoms with E-state index in [1.807, 2.05) is 67.6 Å². The van der Waals surface area contributed by atoms with Gasteiger partial charge in [-0.3, -0.25) is 19.3 Å².